The van der Waals surface area contributed by atoms with E-state index in [2.05, 4.69) is 16.0 Å². The minimum atomic E-state index is -0.169. The van der Waals surface area contributed by atoms with Crippen LogP contribution in [0.15, 0.2) is 72.8 Å². The van der Waals surface area contributed by atoms with Gasteiger partial charge in [0.1, 0.15) is 18.2 Å². The average molecular weight is 468 g/mol. The Morgan fingerprint density at radius 1 is 0.938 bits per heavy atom. The van der Waals surface area contributed by atoms with E-state index in [1.165, 1.54) is 0 Å². The van der Waals surface area contributed by atoms with Gasteiger partial charge >= 0.3 is 0 Å². The third-order valence-corrected chi connectivity index (χ3v) is 5.77. The van der Waals surface area contributed by atoms with Gasteiger partial charge in [-0.05, 0) is 42.8 Å². The Morgan fingerprint density at radius 2 is 1.66 bits per heavy atom. The van der Waals surface area contributed by atoms with Crippen LogP contribution in [0, 0.1) is 0 Å². The molecule has 5 nitrogen and oxygen atoms in total. The van der Waals surface area contributed by atoms with Gasteiger partial charge in [0.05, 0.1) is 33.2 Å². The summed E-state index contributed by atoms with van der Waals surface area (Å²) in [5.74, 6) is 1.46. The van der Waals surface area contributed by atoms with Crippen molar-refractivity contribution >= 4 is 40.1 Å². The zero-order valence-corrected chi connectivity index (χ0v) is 18.9. The van der Waals surface area contributed by atoms with Crippen LogP contribution in [0.1, 0.15) is 22.6 Å². The van der Waals surface area contributed by atoms with E-state index >= 15 is 0 Å². The van der Waals surface area contributed by atoms with Crippen LogP contribution in [-0.2, 0) is 13.0 Å². The molecule has 0 unspecified atom stereocenters. The second-order valence-electron chi connectivity index (χ2n) is 7.29. The lowest BCUT2D eigenvalue weighted by molar-refractivity contribution is 0.0953. The summed E-state index contributed by atoms with van der Waals surface area (Å²) in [5.41, 5.74) is 2.49. The van der Waals surface area contributed by atoms with E-state index in [0.29, 0.717) is 41.1 Å². The van der Waals surface area contributed by atoms with Crippen LogP contribution in [0.5, 0.6) is 5.75 Å². The van der Waals surface area contributed by atoms with Crippen molar-refractivity contribution in [1.82, 2.24) is 14.9 Å². The van der Waals surface area contributed by atoms with Crippen molar-refractivity contribution in [1.29, 1.82) is 0 Å². The van der Waals surface area contributed by atoms with Crippen molar-refractivity contribution in [3.05, 3.63) is 94.2 Å². The first-order valence-corrected chi connectivity index (χ1v) is 11.2. The second kappa shape index (κ2) is 10.5. The standard InChI is InChI=1S/C25H23Cl2N3O2/c26-19-9-2-1-8-18(19)25(31)28-15-7-14-24-29-21-11-4-5-12-22(21)30(24)16-17-32-23-13-6-3-10-20(23)27/h1-6,8-13H,7,14-17H2,(H,28,31). The van der Waals surface area contributed by atoms with Gasteiger partial charge < -0.3 is 14.6 Å². The molecule has 1 aromatic heterocycles. The highest BCUT2D eigenvalue weighted by molar-refractivity contribution is 6.33. The molecule has 0 bridgehead atoms. The molecule has 0 saturated heterocycles. The fraction of sp³-hybridized carbons (Fsp3) is 0.200. The van der Waals surface area contributed by atoms with Crippen molar-refractivity contribution < 1.29 is 9.53 Å². The molecule has 164 valence electrons. The van der Waals surface area contributed by atoms with Crippen LogP contribution in [0.3, 0.4) is 0 Å². The van der Waals surface area contributed by atoms with Gasteiger partial charge in [-0.15, -0.1) is 0 Å². The zero-order valence-electron chi connectivity index (χ0n) is 17.4. The number of hydrogen-bond donors (Lipinski definition) is 1. The topological polar surface area (TPSA) is 56.2 Å². The number of ether oxygens (including phenoxy) is 1. The quantitative estimate of drug-likeness (QED) is 0.317. The molecule has 7 heteroatoms. The monoisotopic (exact) mass is 467 g/mol. The molecule has 4 aromatic rings. The van der Waals surface area contributed by atoms with Crippen LogP contribution in [0.2, 0.25) is 10.0 Å². The lowest BCUT2D eigenvalue weighted by Crippen LogP contribution is -2.25. The number of rotatable bonds is 9. The molecule has 0 spiro atoms. The summed E-state index contributed by atoms with van der Waals surface area (Å²) >= 11 is 12.3. The highest BCUT2D eigenvalue weighted by atomic mass is 35.5. The van der Waals surface area contributed by atoms with E-state index in [4.69, 9.17) is 32.9 Å². The maximum atomic E-state index is 12.3. The molecule has 4 rings (SSSR count). The number of nitrogens with one attached hydrogen (secondary N) is 1. The lowest BCUT2D eigenvalue weighted by Gasteiger charge is -2.12. The van der Waals surface area contributed by atoms with E-state index in [-0.39, 0.29) is 5.91 Å². The van der Waals surface area contributed by atoms with Crippen LogP contribution in [0.4, 0.5) is 0 Å². The van der Waals surface area contributed by atoms with Gasteiger partial charge in [0, 0.05) is 13.0 Å². The maximum Gasteiger partial charge on any atom is 0.252 e. The molecule has 0 radical (unpaired) electrons. The molecule has 0 atom stereocenters. The Kier molecular flexibility index (Phi) is 7.30. The van der Waals surface area contributed by atoms with Crippen molar-refractivity contribution in [2.45, 2.75) is 19.4 Å². The van der Waals surface area contributed by atoms with Gasteiger partial charge in [0.25, 0.3) is 5.91 Å². The van der Waals surface area contributed by atoms with Gasteiger partial charge in [0.2, 0.25) is 0 Å². The Hall–Kier alpha value is -3.02. The van der Waals surface area contributed by atoms with Gasteiger partial charge in [-0.25, -0.2) is 4.98 Å². The van der Waals surface area contributed by atoms with E-state index in [9.17, 15) is 4.79 Å². The number of benzene rings is 3. The summed E-state index contributed by atoms with van der Waals surface area (Å²) in [4.78, 5) is 17.1. The van der Waals surface area contributed by atoms with Gasteiger partial charge in [0.15, 0.2) is 0 Å². The zero-order chi connectivity index (χ0) is 22.3. The number of carbonyl (C=O) groups is 1. The van der Waals surface area contributed by atoms with Gasteiger partial charge in [-0.3, -0.25) is 4.79 Å². The third-order valence-electron chi connectivity index (χ3n) is 5.12. The third kappa shape index (κ3) is 5.23. The maximum absolute atomic E-state index is 12.3. The smallest absolute Gasteiger partial charge is 0.252 e. The molecular weight excluding hydrogens is 445 g/mol. The van der Waals surface area contributed by atoms with Gasteiger partial charge in [-0.2, -0.15) is 0 Å². The predicted octanol–water partition coefficient (Wildman–Crippen LogP) is 5.78. The fourth-order valence-electron chi connectivity index (χ4n) is 3.56. The number of hydrogen-bond acceptors (Lipinski definition) is 3. The fourth-order valence-corrected chi connectivity index (χ4v) is 3.98. The molecule has 0 aliphatic rings. The largest absolute Gasteiger partial charge is 0.490 e. The van der Waals surface area contributed by atoms with E-state index in [1.54, 1.807) is 24.3 Å². The number of fused-ring (bicyclic) bond motifs is 1. The van der Waals surface area contributed by atoms with E-state index in [1.807, 2.05) is 42.5 Å². The molecule has 0 fully saturated rings. The second-order valence-corrected chi connectivity index (χ2v) is 8.10. The number of aromatic nitrogens is 2. The number of halogens is 2. The summed E-state index contributed by atoms with van der Waals surface area (Å²) in [6, 6.07) is 22.5. The number of carbonyl (C=O) groups excluding carboxylic acids is 1. The highest BCUT2D eigenvalue weighted by Gasteiger charge is 2.12. The summed E-state index contributed by atoms with van der Waals surface area (Å²) in [7, 11) is 0. The Balaban J connectivity index is 1.38. The SMILES string of the molecule is O=C(NCCCc1nc2ccccc2n1CCOc1ccccc1Cl)c1ccccc1Cl. The van der Waals surface area contributed by atoms with E-state index in [0.717, 1.165) is 29.7 Å². The normalized spacial score (nSPS) is 10.9. The molecule has 0 aliphatic carbocycles. The van der Waals surface area contributed by atoms with Crippen molar-refractivity contribution in [2.75, 3.05) is 13.2 Å². The minimum Gasteiger partial charge on any atom is -0.490 e. The molecule has 1 heterocycles. The number of nitrogens with zero attached hydrogens (tertiary/aromatic N) is 2. The number of aryl methyl sites for hydroxylation is 1. The van der Waals surface area contributed by atoms with Crippen molar-refractivity contribution in [3.63, 3.8) is 0 Å². The van der Waals surface area contributed by atoms with Crippen LogP contribution < -0.4 is 10.1 Å². The minimum absolute atomic E-state index is 0.169. The molecule has 1 N–H and O–H groups in total. The van der Waals surface area contributed by atoms with Gasteiger partial charge in [-0.1, -0.05) is 59.6 Å². The highest BCUT2D eigenvalue weighted by Crippen LogP contribution is 2.23. The Bertz CT molecular complexity index is 1220. The van der Waals surface area contributed by atoms with Crippen LogP contribution in [-0.4, -0.2) is 28.6 Å². The molecule has 0 saturated carbocycles. The number of para-hydroxylation sites is 3. The summed E-state index contributed by atoms with van der Waals surface area (Å²) < 4.78 is 8.05. The first kappa shape index (κ1) is 22.2. The Labute approximate surface area is 196 Å². The predicted molar refractivity (Wildman–Crippen MR) is 129 cm³/mol. The number of amides is 1. The molecule has 32 heavy (non-hydrogen) atoms. The summed E-state index contributed by atoms with van der Waals surface area (Å²) in [6.45, 7) is 1.65. The molecule has 3 aromatic carbocycles. The van der Waals surface area contributed by atoms with Crippen LogP contribution >= 0.6 is 23.2 Å². The van der Waals surface area contributed by atoms with E-state index < -0.39 is 0 Å². The van der Waals surface area contributed by atoms with Crippen molar-refractivity contribution in [3.8, 4) is 5.75 Å². The summed E-state index contributed by atoms with van der Waals surface area (Å²) in [5, 5.41) is 3.98. The molecule has 0 aliphatic heterocycles. The Morgan fingerprint density at radius 3 is 2.47 bits per heavy atom. The first-order chi connectivity index (χ1) is 15.6. The van der Waals surface area contributed by atoms with Crippen LogP contribution in [0.25, 0.3) is 11.0 Å². The lowest BCUT2D eigenvalue weighted by atomic mass is 10.2. The first-order valence-electron chi connectivity index (χ1n) is 10.5. The molecular formula is C25H23Cl2N3O2. The van der Waals surface area contributed by atoms with Crippen molar-refractivity contribution in [2.24, 2.45) is 0 Å². The molecule has 1 amide bonds. The number of imidazole rings is 1. The summed E-state index contributed by atoms with van der Waals surface area (Å²) in [6.07, 6.45) is 1.48. The average Bonchev–Trinajstić information content (AvgIpc) is 3.15.